The standard InChI is InChI=1S/C13H25N3O2/c1-18-8-5-14-13(17)10-15-11-4-7-16-6-2-3-12(16)9-11/h11-12,15H,2-10H2,1H3,(H,14,17). The molecule has 0 saturated carbocycles. The molecule has 2 atom stereocenters. The molecule has 18 heavy (non-hydrogen) atoms. The number of piperidine rings is 1. The summed E-state index contributed by atoms with van der Waals surface area (Å²) in [5.74, 6) is 0.0703. The molecule has 2 N–H and O–H groups in total. The first kappa shape index (κ1) is 13.8. The van der Waals surface area contributed by atoms with Gasteiger partial charge in [0.25, 0.3) is 0 Å². The van der Waals surface area contributed by atoms with E-state index in [1.165, 1.54) is 38.8 Å². The van der Waals surface area contributed by atoms with Crippen LogP contribution in [0.15, 0.2) is 0 Å². The zero-order chi connectivity index (χ0) is 12.8. The zero-order valence-electron chi connectivity index (χ0n) is 11.3. The average molecular weight is 255 g/mol. The molecule has 1 amide bonds. The summed E-state index contributed by atoms with van der Waals surface area (Å²) >= 11 is 0. The third-order valence-corrected chi connectivity index (χ3v) is 4.00. The molecular formula is C13H25N3O2. The van der Waals surface area contributed by atoms with Gasteiger partial charge in [0.2, 0.25) is 5.91 Å². The van der Waals surface area contributed by atoms with Crippen LogP contribution in [0.3, 0.4) is 0 Å². The number of amides is 1. The van der Waals surface area contributed by atoms with Crippen LogP contribution in [0.4, 0.5) is 0 Å². The molecule has 0 aromatic carbocycles. The van der Waals surface area contributed by atoms with Gasteiger partial charge in [-0.05, 0) is 38.8 Å². The summed E-state index contributed by atoms with van der Waals surface area (Å²) in [5, 5.41) is 6.21. The second kappa shape index (κ2) is 7.07. The van der Waals surface area contributed by atoms with E-state index in [4.69, 9.17) is 4.74 Å². The van der Waals surface area contributed by atoms with Crippen molar-refractivity contribution in [1.29, 1.82) is 0 Å². The Labute approximate surface area is 109 Å². The maximum absolute atomic E-state index is 11.5. The summed E-state index contributed by atoms with van der Waals surface area (Å²) in [6.07, 6.45) is 5.04. The molecule has 0 aliphatic carbocycles. The summed E-state index contributed by atoms with van der Waals surface area (Å²) in [6, 6.07) is 1.27. The molecular weight excluding hydrogens is 230 g/mol. The van der Waals surface area contributed by atoms with E-state index in [-0.39, 0.29) is 5.91 Å². The van der Waals surface area contributed by atoms with Gasteiger partial charge in [0.15, 0.2) is 0 Å². The number of hydrogen-bond donors (Lipinski definition) is 2. The minimum Gasteiger partial charge on any atom is -0.383 e. The first-order valence-corrected chi connectivity index (χ1v) is 7.02. The zero-order valence-corrected chi connectivity index (χ0v) is 11.3. The fourth-order valence-corrected chi connectivity index (χ4v) is 3.00. The largest absolute Gasteiger partial charge is 0.383 e. The maximum atomic E-state index is 11.5. The van der Waals surface area contributed by atoms with Crippen LogP contribution in [-0.2, 0) is 9.53 Å². The Kier molecular flexibility index (Phi) is 5.41. The first-order valence-electron chi connectivity index (χ1n) is 7.02. The molecule has 2 aliphatic heterocycles. The van der Waals surface area contributed by atoms with E-state index < -0.39 is 0 Å². The van der Waals surface area contributed by atoms with Crippen molar-refractivity contribution in [2.45, 2.75) is 37.8 Å². The van der Waals surface area contributed by atoms with Crippen molar-refractivity contribution in [3.05, 3.63) is 0 Å². The van der Waals surface area contributed by atoms with Gasteiger partial charge in [-0.25, -0.2) is 0 Å². The lowest BCUT2D eigenvalue weighted by molar-refractivity contribution is -0.120. The van der Waals surface area contributed by atoms with Gasteiger partial charge < -0.3 is 20.3 Å². The highest BCUT2D eigenvalue weighted by atomic mass is 16.5. The van der Waals surface area contributed by atoms with Gasteiger partial charge in [0.1, 0.15) is 0 Å². The Bertz CT molecular complexity index is 273. The van der Waals surface area contributed by atoms with Crippen LogP contribution in [0.25, 0.3) is 0 Å². The van der Waals surface area contributed by atoms with Crippen molar-refractivity contribution in [3.63, 3.8) is 0 Å². The van der Waals surface area contributed by atoms with E-state index in [1.54, 1.807) is 7.11 Å². The molecule has 5 heteroatoms. The van der Waals surface area contributed by atoms with Crippen LogP contribution in [0, 0.1) is 0 Å². The predicted molar refractivity (Wildman–Crippen MR) is 70.5 cm³/mol. The summed E-state index contributed by atoms with van der Waals surface area (Å²) in [7, 11) is 1.64. The summed E-state index contributed by atoms with van der Waals surface area (Å²) < 4.78 is 4.89. The lowest BCUT2D eigenvalue weighted by Crippen LogP contribution is -2.48. The Morgan fingerprint density at radius 3 is 3.11 bits per heavy atom. The fourth-order valence-electron chi connectivity index (χ4n) is 3.00. The number of rotatable bonds is 6. The highest BCUT2D eigenvalue weighted by Gasteiger charge is 2.31. The van der Waals surface area contributed by atoms with Gasteiger partial charge in [0.05, 0.1) is 13.2 Å². The third kappa shape index (κ3) is 3.93. The van der Waals surface area contributed by atoms with Crippen molar-refractivity contribution in [2.24, 2.45) is 0 Å². The Balaban J connectivity index is 1.60. The molecule has 2 fully saturated rings. The number of carbonyl (C=O) groups is 1. The molecule has 0 bridgehead atoms. The second-order valence-electron chi connectivity index (χ2n) is 5.28. The van der Waals surface area contributed by atoms with Gasteiger partial charge in [0, 0.05) is 25.7 Å². The van der Waals surface area contributed by atoms with Crippen molar-refractivity contribution >= 4 is 5.91 Å². The second-order valence-corrected chi connectivity index (χ2v) is 5.28. The highest BCUT2D eigenvalue weighted by Crippen LogP contribution is 2.26. The molecule has 104 valence electrons. The lowest BCUT2D eigenvalue weighted by Gasteiger charge is -2.35. The van der Waals surface area contributed by atoms with Crippen LogP contribution in [-0.4, -0.2) is 62.8 Å². The van der Waals surface area contributed by atoms with Crippen LogP contribution in [0.2, 0.25) is 0 Å². The van der Waals surface area contributed by atoms with Crippen LogP contribution in [0.1, 0.15) is 25.7 Å². The molecule has 2 rings (SSSR count). The number of fused-ring (bicyclic) bond motifs is 1. The minimum absolute atomic E-state index is 0.0703. The molecule has 2 saturated heterocycles. The van der Waals surface area contributed by atoms with Gasteiger partial charge in [-0.1, -0.05) is 0 Å². The maximum Gasteiger partial charge on any atom is 0.234 e. The lowest BCUT2D eigenvalue weighted by atomic mass is 9.97. The highest BCUT2D eigenvalue weighted by molar-refractivity contribution is 5.77. The number of nitrogens with zero attached hydrogens (tertiary/aromatic N) is 1. The summed E-state index contributed by atoms with van der Waals surface area (Å²) in [4.78, 5) is 14.1. The minimum atomic E-state index is 0.0703. The van der Waals surface area contributed by atoms with Crippen LogP contribution >= 0.6 is 0 Å². The van der Waals surface area contributed by atoms with Gasteiger partial charge in [-0.3, -0.25) is 4.79 Å². The monoisotopic (exact) mass is 255 g/mol. The molecule has 0 aromatic rings. The third-order valence-electron chi connectivity index (χ3n) is 4.00. The van der Waals surface area contributed by atoms with Crippen LogP contribution in [0.5, 0.6) is 0 Å². The van der Waals surface area contributed by atoms with Gasteiger partial charge in [-0.15, -0.1) is 0 Å². The normalized spacial score (nSPS) is 28.1. The van der Waals surface area contributed by atoms with E-state index >= 15 is 0 Å². The van der Waals surface area contributed by atoms with E-state index in [1.807, 2.05) is 0 Å². The Morgan fingerprint density at radius 1 is 1.39 bits per heavy atom. The van der Waals surface area contributed by atoms with Gasteiger partial charge >= 0.3 is 0 Å². The van der Waals surface area contributed by atoms with Crippen molar-refractivity contribution in [2.75, 3.05) is 39.9 Å². The molecule has 2 aliphatic rings. The summed E-state index contributed by atoms with van der Waals surface area (Å²) in [6.45, 7) is 4.06. The Hall–Kier alpha value is -0.650. The Morgan fingerprint density at radius 2 is 2.28 bits per heavy atom. The first-order chi connectivity index (χ1) is 8.79. The SMILES string of the molecule is COCCNC(=O)CNC1CCN2CCCC2C1. The van der Waals surface area contributed by atoms with Crippen molar-refractivity contribution < 1.29 is 9.53 Å². The number of nitrogens with one attached hydrogen (secondary N) is 2. The average Bonchev–Trinajstić information content (AvgIpc) is 2.84. The van der Waals surface area contributed by atoms with Crippen LogP contribution < -0.4 is 10.6 Å². The van der Waals surface area contributed by atoms with Gasteiger partial charge in [-0.2, -0.15) is 0 Å². The van der Waals surface area contributed by atoms with E-state index in [0.29, 0.717) is 25.7 Å². The van der Waals surface area contributed by atoms with E-state index in [0.717, 1.165) is 6.04 Å². The molecule has 0 spiro atoms. The summed E-state index contributed by atoms with van der Waals surface area (Å²) in [5.41, 5.74) is 0. The number of carbonyl (C=O) groups excluding carboxylic acids is 1. The number of hydrogen-bond acceptors (Lipinski definition) is 4. The van der Waals surface area contributed by atoms with Crippen molar-refractivity contribution in [3.8, 4) is 0 Å². The topological polar surface area (TPSA) is 53.6 Å². The van der Waals surface area contributed by atoms with E-state index in [2.05, 4.69) is 15.5 Å². The molecule has 5 nitrogen and oxygen atoms in total. The molecule has 0 radical (unpaired) electrons. The van der Waals surface area contributed by atoms with Crippen molar-refractivity contribution in [1.82, 2.24) is 15.5 Å². The number of ether oxygens (including phenoxy) is 1. The van der Waals surface area contributed by atoms with E-state index in [9.17, 15) is 4.79 Å². The molecule has 2 unspecified atom stereocenters. The fraction of sp³-hybridized carbons (Fsp3) is 0.923. The number of methoxy groups -OCH3 is 1. The predicted octanol–water partition coefficient (Wildman–Crippen LogP) is -0.0346. The smallest absolute Gasteiger partial charge is 0.234 e. The molecule has 0 aromatic heterocycles. The quantitative estimate of drug-likeness (QED) is 0.654. The molecule has 2 heterocycles.